The molecule has 0 bridgehead atoms. The molecule has 1 atom stereocenters. The van der Waals surface area contributed by atoms with Gasteiger partial charge in [-0.15, -0.1) is 11.3 Å². The quantitative estimate of drug-likeness (QED) is 0.481. The number of benzene rings is 1. The summed E-state index contributed by atoms with van der Waals surface area (Å²) in [5.41, 5.74) is 1.82. The van der Waals surface area contributed by atoms with Crippen molar-refractivity contribution in [1.82, 2.24) is 15.2 Å². The van der Waals surface area contributed by atoms with E-state index in [1.54, 1.807) is 22.4 Å². The zero-order chi connectivity index (χ0) is 23.3. The number of aromatic nitrogens is 1. The fraction of sp³-hybridized carbons (Fsp3) is 0.375. The monoisotopic (exact) mass is 455 g/mol. The second-order valence-corrected chi connectivity index (χ2v) is 9.11. The van der Waals surface area contributed by atoms with E-state index in [1.807, 2.05) is 58.2 Å². The van der Waals surface area contributed by atoms with Gasteiger partial charge in [0.25, 0.3) is 11.8 Å². The van der Waals surface area contributed by atoms with E-state index in [2.05, 4.69) is 10.3 Å². The number of para-hydroxylation sites is 1. The Morgan fingerprint density at radius 2 is 1.78 bits per heavy atom. The molecule has 2 N–H and O–H groups in total. The van der Waals surface area contributed by atoms with Crippen LogP contribution in [0.4, 0.5) is 0 Å². The van der Waals surface area contributed by atoms with E-state index >= 15 is 0 Å². The number of fused-ring (bicyclic) bond motifs is 1. The smallest absolute Gasteiger partial charge is 0.329 e. The number of hydrogen-bond acceptors (Lipinski definition) is 5. The van der Waals surface area contributed by atoms with Crippen LogP contribution < -0.4 is 5.32 Å². The summed E-state index contributed by atoms with van der Waals surface area (Å²) in [5.74, 6) is -1.25. The number of amides is 2. The van der Waals surface area contributed by atoms with Crippen molar-refractivity contribution in [3.63, 3.8) is 0 Å². The predicted octanol–water partition coefficient (Wildman–Crippen LogP) is 3.76. The number of aromatic amines is 1. The van der Waals surface area contributed by atoms with E-state index in [9.17, 15) is 14.4 Å². The third kappa shape index (κ3) is 5.56. The molecule has 0 radical (unpaired) electrons. The average Bonchev–Trinajstić information content (AvgIpc) is 3.41. The van der Waals surface area contributed by atoms with Crippen LogP contribution in [0.3, 0.4) is 0 Å². The first-order valence-corrected chi connectivity index (χ1v) is 11.5. The van der Waals surface area contributed by atoms with Crippen LogP contribution in [0, 0.1) is 0 Å². The molecule has 7 nitrogen and oxygen atoms in total. The predicted molar refractivity (Wildman–Crippen MR) is 126 cm³/mol. The first kappa shape index (κ1) is 23.5. The molecule has 0 saturated carbocycles. The van der Waals surface area contributed by atoms with Crippen LogP contribution in [0.15, 0.2) is 48.0 Å². The number of rotatable bonds is 9. The molecule has 1 aromatic carbocycles. The van der Waals surface area contributed by atoms with E-state index in [4.69, 9.17) is 4.74 Å². The molecule has 0 aliphatic rings. The van der Waals surface area contributed by atoms with Crippen molar-refractivity contribution in [2.45, 2.75) is 52.2 Å². The number of hydrogen-bond donors (Lipinski definition) is 2. The van der Waals surface area contributed by atoms with Crippen LogP contribution in [0.5, 0.6) is 0 Å². The van der Waals surface area contributed by atoms with Crippen molar-refractivity contribution < 1.29 is 19.1 Å². The van der Waals surface area contributed by atoms with E-state index in [0.29, 0.717) is 4.88 Å². The Morgan fingerprint density at radius 1 is 1.06 bits per heavy atom. The highest BCUT2D eigenvalue weighted by Crippen LogP contribution is 2.20. The number of thiophene rings is 1. The lowest BCUT2D eigenvalue weighted by molar-refractivity contribution is -0.155. The molecule has 0 aliphatic heterocycles. The minimum atomic E-state index is -0.928. The number of nitrogens with one attached hydrogen (secondary N) is 2. The Balaban J connectivity index is 1.76. The Morgan fingerprint density at radius 3 is 2.44 bits per heavy atom. The summed E-state index contributed by atoms with van der Waals surface area (Å²) in [5, 5.41) is 5.55. The van der Waals surface area contributed by atoms with Gasteiger partial charge in [0.2, 0.25) is 0 Å². The molecule has 0 aliphatic carbocycles. The molecule has 2 aromatic heterocycles. The molecule has 8 heteroatoms. The summed E-state index contributed by atoms with van der Waals surface area (Å²) in [6.45, 7) is 7.30. The van der Waals surface area contributed by atoms with Gasteiger partial charge >= 0.3 is 5.97 Å². The molecular formula is C24H29N3O4S. The zero-order valence-corrected chi connectivity index (χ0v) is 19.6. The van der Waals surface area contributed by atoms with Gasteiger partial charge in [-0.2, -0.15) is 0 Å². The Bertz CT molecular complexity index is 1060. The summed E-state index contributed by atoms with van der Waals surface area (Å²) in [4.78, 5) is 43.6. The highest BCUT2D eigenvalue weighted by Gasteiger charge is 2.27. The van der Waals surface area contributed by atoms with E-state index < -0.39 is 12.0 Å². The number of nitrogens with zero attached hydrogens (tertiary/aromatic N) is 1. The number of esters is 1. The van der Waals surface area contributed by atoms with Crippen molar-refractivity contribution in [3.8, 4) is 0 Å². The Labute approximate surface area is 191 Å². The maximum atomic E-state index is 13.0. The highest BCUT2D eigenvalue weighted by molar-refractivity contribution is 7.12. The minimum Gasteiger partial charge on any atom is -0.454 e. The molecule has 0 unspecified atom stereocenters. The average molecular weight is 456 g/mol. The van der Waals surface area contributed by atoms with Gasteiger partial charge in [-0.1, -0.05) is 24.3 Å². The molecular weight excluding hydrogens is 426 g/mol. The Hall–Kier alpha value is -3.13. The number of carbonyl (C=O) groups excluding carboxylic acids is 3. The van der Waals surface area contributed by atoms with Crippen molar-refractivity contribution in [3.05, 3.63) is 58.4 Å². The molecule has 32 heavy (non-hydrogen) atoms. The minimum absolute atomic E-state index is 0.0123. The van der Waals surface area contributed by atoms with Crippen LogP contribution in [-0.4, -0.2) is 52.4 Å². The first-order chi connectivity index (χ1) is 15.3. The van der Waals surface area contributed by atoms with Gasteiger partial charge in [0.05, 0.1) is 4.88 Å². The summed E-state index contributed by atoms with van der Waals surface area (Å²) in [6, 6.07) is 10.3. The van der Waals surface area contributed by atoms with Gasteiger partial charge in [0.1, 0.15) is 6.04 Å². The van der Waals surface area contributed by atoms with Crippen LogP contribution in [0.2, 0.25) is 0 Å². The van der Waals surface area contributed by atoms with Crippen molar-refractivity contribution in [1.29, 1.82) is 0 Å². The third-order valence-corrected chi connectivity index (χ3v) is 6.04. The second kappa shape index (κ2) is 10.5. The van der Waals surface area contributed by atoms with Gasteiger partial charge in [-0.3, -0.25) is 9.59 Å². The van der Waals surface area contributed by atoms with Gasteiger partial charge in [0, 0.05) is 35.6 Å². The SMILES string of the molecule is CC(C)N(C(=O)COC(=O)[C@@H](Cc1c[nH]c2ccccc12)NC(=O)c1cccs1)C(C)C. The van der Waals surface area contributed by atoms with Gasteiger partial charge < -0.3 is 19.9 Å². The van der Waals surface area contributed by atoms with Crippen molar-refractivity contribution in [2.24, 2.45) is 0 Å². The summed E-state index contributed by atoms with van der Waals surface area (Å²) >= 11 is 1.29. The second-order valence-electron chi connectivity index (χ2n) is 8.16. The van der Waals surface area contributed by atoms with Crippen molar-refractivity contribution in [2.75, 3.05) is 6.61 Å². The topological polar surface area (TPSA) is 91.5 Å². The van der Waals surface area contributed by atoms with Crippen LogP contribution in [0.1, 0.15) is 42.9 Å². The molecule has 0 spiro atoms. The summed E-state index contributed by atoms with van der Waals surface area (Å²) < 4.78 is 5.37. The van der Waals surface area contributed by atoms with Crippen molar-refractivity contribution >= 4 is 40.0 Å². The first-order valence-electron chi connectivity index (χ1n) is 10.6. The van der Waals surface area contributed by atoms with E-state index in [-0.39, 0.29) is 36.9 Å². The summed E-state index contributed by atoms with van der Waals surface area (Å²) in [6.07, 6.45) is 2.07. The lowest BCUT2D eigenvalue weighted by Gasteiger charge is -2.30. The molecule has 2 heterocycles. The molecule has 3 rings (SSSR count). The maximum Gasteiger partial charge on any atom is 0.329 e. The molecule has 2 amide bonds. The highest BCUT2D eigenvalue weighted by atomic mass is 32.1. The lowest BCUT2D eigenvalue weighted by Crippen LogP contribution is -2.47. The van der Waals surface area contributed by atoms with Gasteiger partial charge in [-0.25, -0.2) is 4.79 Å². The summed E-state index contributed by atoms with van der Waals surface area (Å²) in [7, 11) is 0. The maximum absolute atomic E-state index is 13.0. The van der Waals surface area contributed by atoms with E-state index in [1.165, 1.54) is 11.3 Å². The number of ether oxygens (including phenoxy) is 1. The molecule has 0 fully saturated rings. The fourth-order valence-corrected chi connectivity index (χ4v) is 4.46. The Kier molecular flexibility index (Phi) is 7.69. The standard InChI is InChI=1S/C24H29N3O4S/c1-15(2)27(16(3)4)22(28)14-31-24(30)20(26-23(29)21-10-7-11-32-21)12-17-13-25-19-9-6-5-8-18(17)19/h5-11,13,15-16,20,25H,12,14H2,1-4H3,(H,26,29)/t20-/m1/s1. The lowest BCUT2D eigenvalue weighted by atomic mass is 10.0. The number of carbonyl (C=O) groups is 3. The fourth-order valence-electron chi connectivity index (χ4n) is 3.83. The van der Waals surface area contributed by atoms with Crippen LogP contribution in [0.25, 0.3) is 10.9 Å². The molecule has 170 valence electrons. The van der Waals surface area contributed by atoms with Crippen LogP contribution in [-0.2, 0) is 20.7 Å². The van der Waals surface area contributed by atoms with Crippen LogP contribution >= 0.6 is 11.3 Å². The van der Waals surface area contributed by atoms with Gasteiger partial charge in [-0.05, 0) is 50.8 Å². The number of H-pyrrole nitrogens is 1. The zero-order valence-electron chi connectivity index (χ0n) is 18.8. The van der Waals surface area contributed by atoms with Gasteiger partial charge in [0.15, 0.2) is 6.61 Å². The van der Waals surface area contributed by atoms with E-state index in [0.717, 1.165) is 16.5 Å². The largest absolute Gasteiger partial charge is 0.454 e. The normalized spacial score (nSPS) is 12.2. The molecule has 3 aromatic rings. The molecule has 0 saturated heterocycles. The third-order valence-electron chi connectivity index (χ3n) is 5.17.